The first kappa shape index (κ1) is 21.8. The van der Waals surface area contributed by atoms with Crippen LogP contribution < -0.4 is 0 Å². The molecular formula is C26H32N2O2. The standard InChI is InChI=1S/C26H32N2O2/c1-3-5-12-18-28(19-13-6-4-2)26(30)25(29)23-21-16-10-11-17-22(21)27-24(23)20-14-8-7-9-15-20/h7-11,14-17,27H,3-6,12-13,18-19H2,1-2H3. The van der Waals surface area contributed by atoms with Crippen LogP contribution in [0, 0.1) is 0 Å². The molecular weight excluding hydrogens is 372 g/mol. The zero-order valence-electron chi connectivity index (χ0n) is 18.1. The van der Waals surface area contributed by atoms with Crippen LogP contribution in [0.2, 0.25) is 0 Å². The van der Waals surface area contributed by atoms with Gasteiger partial charge in [-0.25, -0.2) is 0 Å². The van der Waals surface area contributed by atoms with E-state index in [1.165, 1.54) is 0 Å². The largest absolute Gasteiger partial charge is 0.354 e. The number of H-pyrrole nitrogens is 1. The first-order chi connectivity index (χ1) is 14.7. The van der Waals surface area contributed by atoms with Gasteiger partial charge in [0.25, 0.3) is 11.7 Å². The second-order valence-corrected chi connectivity index (χ2v) is 7.82. The van der Waals surface area contributed by atoms with Crippen molar-refractivity contribution in [3.63, 3.8) is 0 Å². The van der Waals surface area contributed by atoms with Crippen molar-refractivity contribution in [2.45, 2.75) is 52.4 Å². The lowest BCUT2D eigenvalue weighted by Crippen LogP contribution is -2.38. The highest BCUT2D eigenvalue weighted by Gasteiger charge is 2.28. The summed E-state index contributed by atoms with van der Waals surface area (Å²) >= 11 is 0. The molecule has 0 aliphatic rings. The number of hydrogen-bond donors (Lipinski definition) is 1. The number of ketones is 1. The quantitative estimate of drug-likeness (QED) is 0.234. The molecule has 1 N–H and O–H groups in total. The van der Waals surface area contributed by atoms with Crippen LogP contribution in [-0.4, -0.2) is 34.7 Å². The van der Waals surface area contributed by atoms with Crippen LogP contribution in [0.5, 0.6) is 0 Å². The van der Waals surface area contributed by atoms with Crippen molar-refractivity contribution >= 4 is 22.6 Å². The molecule has 1 amide bonds. The van der Waals surface area contributed by atoms with Gasteiger partial charge in [-0.3, -0.25) is 9.59 Å². The molecule has 0 radical (unpaired) electrons. The molecule has 30 heavy (non-hydrogen) atoms. The number of carbonyl (C=O) groups excluding carboxylic acids is 2. The Hall–Kier alpha value is -2.88. The van der Waals surface area contributed by atoms with Gasteiger partial charge >= 0.3 is 0 Å². The maximum atomic E-state index is 13.5. The minimum Gasteiger partial charge on any atom is -0.354 e. The van der Waals surface area contributed by atoms with Crippen molar-refractivity contribution < 1.29 is 9.59 Å². The number of carbonyl (C=O) groups is 2. The van der Waals surface area contributed by atoms with Gasteiger partial charge in [-0.2, -0.15) is 0 Å². The normalized spacial score (nSPS) is 11.0. The lowest BCUT2D eigenvalue weighted by atomic mass is 10.0. The first-order valence-electron chi connectivity index (χ1n) is 11.2. The molecule has 0 unspecified atom stereocenters. The summed E-state index contributed by atoms with van der Waals surface area (Å²) in [6.07, 6.45) is 6.17. The molecule has 158 valence electrons. The molecule has 0 aliphatic heterocycles. The van der Waals surface area contributed by atoms with Crippen LogP contribution >= 0.6 is 0 Å². The maximum absolute atomic E-state index is 13.5. The van der Waals surface area contributed by atoms with Crippen molar-refractivity contribution in [3.05, 3.63) is 60.2 Å². The predicted molar refractivity (Wildman–Crippen MR) is 124 cm³/mol. The SMILES string of the molecule is CCCCCN(CCCCC)C(=O)C(=O)c1c(-c2ccccc2)[nH]c2ccccc12. The van der Waals surface area contributed by atoms with E-state index in [4.69, 9.17) is 0 Å². The van der Waals surface area contributed by atoms with Gasteiger partial charge in [-0.1, -0.05) is 88.1 Å². The summed E-state index contributed by atoms with van der Waals surface area (Å²) in [5, 5.41) is 0.803. The Labute approximate surface area is 179 Å². The highest BCUT2D eigenvalue weighted by Crippen LogP contribution is 2.31. The average Bonchev–Trinajstić information content (AvgIpc) is 3.17. The summed E-state index contributed by atoms with van der Waals surface area (Å²) in [5.41, 5.74) is 2.99. The lowest BCUT2D eigenvalue weighted by molar-refractivity contribution is -0.126. The first-order valence-corrected chi connectivity index (χ1v) is 11.2. The summed E-state index contributed by atoms with van der Waals surface area (Å²) in [6, 6.07) is 17.5. The highest BCUT2D eigenvalue weighted by molar-refractivity contribution is 6.46. The third-order valence-corrected chi connectivity index (χ3v) is 5.54. The predicted octanol–water partition coefficient (Wildman–Crippen LogP) is 6.23. The van der Waals surface area contributed by atoms with Gasteiger partial charge in [-0.15, -0.1) is 0 Å². The van der Waals surface area contributed by atoms with Gasteiger partial charge in [0.1, 0.15) is 0 Å². The molecule has 3 aromatic rings. The fourth-order valence-corrected chi connectivity index (χ4v) is 3.87. The molecule has 0 fully saturated rings. The Morgan fingerprint density at radius 1 is 0.800 bits per heavy atom. The van der Waals surface area contributed by atoms with E-state index in [9.17, 15) is 9.59 Å². The number of aromatic amines is 1. The number of benzene rings is 2. The van der Waals surface area contributed by atoms with Crippen molar-refractivity contribution in [1.29, 1.82) is 0 Å². The van der Waals surface area contributed by atoms with Crippen molar-refractivity contribution in [3.8, 4) is 11.3 Å². The van der Waals surface area contributed by atoms with Gasteiger partial charge in [0, 0.05) is 24.0 Å². The van der Waals surface area contributed by atoms with Crippen LogP contribution in [0.3, 0.4) is 0 Å². The number of Topliss-reactive ketones (excluding diaryl/α,β-unsaturated/α-hetero) is 1. The van der Waals surface area contributed by atoms with E-state index in [1.807, 2.05) is 54.6 Å². The smallest absolute Gasteiger partial charge is 0.295 e. The van der Waals surface area contributed by atoms with E-state index < -0.39 is 5.78 Å². The molecule has 3 rings (SSSR count). The maximum Gasteiger partial charge on any atom is 0.295 e. The Morgan fingerprint density at radius 3 is 2.03 bits per heavy atom. The topological polar surface area (TPSA) is 53.2 Å². The number of unbranched alkanes of at least 4 members (excludes halogenated alkanes) is 4. The lowest BCUT2D eigenvalue weighted by Gasteiger charge is -2.22. The summed E-state index contributed by atoms with van der Waals surface area (Å²) in [5.74, 6) is -0.802. The van der Waals surface area contributed by atoms with E-state index in [1.54, 1.807) is 4.90 Å². The van der Waals surface area contributed by atoms with E-state index in [0.717, 1.165) is 60.7 Å². The number of fused-ring (bicyclic) bond motifs is 1. The Bertz CT molecular complexity index is 965. The summed E-state index contributed by atoms with van der Waals surface area (Å²) in [6.45, 7) is 5.58. The third kappa shape index (κ3) is 4.99. The van der Waals surface area contributed by atoms with Gasteiger partial charge in [0.05, 0.1) is 11.3 Å². The van der Waals surface area contributed by atoms with Crippen LogP contribution in [0.25, 0.3) is 22.2 Å². The van der Waals surface area contributed by atoms with Crippen LogP contribution in [0.15, 0.2) is 54.6 Å². The second-order valence-electron chi connectivity index (χ2n) is 7.82. The number of hydrogen-bond acceptors (Lipinski definition) is 2. The summed E-state index contributed by atoms with van der Waals surface area (Å²) in [7, 11) is 0. The number of aromatic nitrogens is 1. The number of nitrogens with one attached hydrogen (secondary N) is 1. The Morgan fingerprint density at radius 2 is 1.40 bits per heavy atom. The van der Waals surface area contributed by atoms with Crippen molar-refractivity contribution in [2.24, 2.45) is 0 Å². The fourth-order valence-electron chi connectivity index (χ4n) is 3.87. The van der Waals surface area contributed by atoms with Gasteiger partial charge in [0.15, 0.2) is 0 Å². The van der Waals surface area contributed by atoms with Gasteiger partial charge in [-0.05, 0) is 24.5 Å². The average molecular weight is 405 g/mol. The number of para-hydroxylation sites is 1. The van der Waals surface area contributed by atoms with Crippen molar-refractivity contribution in [2.75, 3.05) is 13.1 Å². The number of nitrogens with zero attached hydrogens (tertiary/aromatic N) is 1. The summed E-state index contributed by atoms with van der Waals surface area (Å²) in [4.78, 5) is 32.0. The molecule has 1 aromatic heterocycles. The molecule has 0 spiro atoms. The monoisotopic (exact) mass is 404 g/mol. The molecule has 4 nitrogen and oxygen atoms in total. The van der Waals surface area contributed by atoms with Gasteiger partial charge < -0.3 is 9.88 Å². The number of amides is 1. The molecule has 0 saturated carbocycles. The minimum absolute atomic E-state index is 0.385. The van der Waals surface area contributed by atoms with Crippen LogP contribution in [-0.2, 0) is 4.79 Å². The molecule has 2 aromatic carbocycles. The zero-order valence-corrected chi connectivity index (χ0v) is 18.1. The molecule has 0 aliphatic carbocycles. The third-order valence-electron chi connectivity index (χ3n) is 5.54. The van der Waals surface area contributed by atoms with Crippen molar-refractivity contribution in [1.82, 2.24) is 9.88 Å². The number of rotatable bonds is 11. The van der Waals surface area contributed by atoms with E-state index in [0.29, 0.717) is 18.7 Å². The molecule has 0 bridgehead atoms. The van der Waals surface area contributed by atoms with E-state index >= 15 is 0 Å². The van der Waals surface area contributed by atoms with E-state index in [-0.39, 0.29) is 5.91 Å². The van der Waals surface area contributed by atoms with Crippen LogP contribution in [0.4, 0.5) is 0 Å². The molecule has 1 heterocycles. The zero-order chi connectivity index (χ0) is 21.3. The van der Waals surface area contributed by atoms with Gasteiger partial charge in [0.2, 0.25) is 0 Å². The summed E-state index contributed by atoms with van der Waals surface area (Å²) < 4.78 is 0. The Kier molecular flexibility index (Phi) is 7.83. The molecule has 0 atom stereocenters. The highest BCUT2D eigenvalue weighted by atomic mass is 16.2. The molecule has 4 heteroatoms. The second kappa shape index (κ2) is 10.8. The fraction of sp³-hybridized carbons (Fsp3) is 0.385. The van der Waals surface area contributed by atoms with Crippen LogP contribution in [0.1, 0.15) is 62.7 Å². The minimum atomic E-state index is -0.417. The van der Waals surface area contributed by atoms with E-state index in [2.05, 4.69) is 18.8 Å². The Balaban J connectivity index is 1.96. The molecule has 0 saturated heterocycles.